The SMILES string of the molecule is COc1ccc(N(C)S(=O)(=O)c2cccc(C(=O)NCCCc3cnn(C)c3)c2)cc1. The molecule has 1 heterocycles. The number of methoxy groups -OCH3 is 1. The monoisotopic (exact) mass is 442 g/mol. The van der Waals surface area contributed by atoms with Crippen LogP contribution in [0.3, 0.4) is 0 Å². The molecule has 0 saturated carbocycles. The third-order valence-corrected chi connectivity index (χ3v) is 6.66. The second-order valence-electron chi connectivity index (χ2n) is 7.08. The smallest absolute Gasteiger partial charge is 0.264 e. The molecule has 0 saturated heterocycles. The van der Waals surface area contributed by atoms with E-state index in [-0.39, 0.29) is 10.8 Å². The van der Waals surface area contributed by atoms with Gasteiger partial charge in [0.2, 0.25) is 0 Å². The number of aryl methyl sites for hydroxylation is 2. The summed E-state index contributed by atoms with van der Waals surface area (Å²) in [6.07, 6.45) is 5.30. The predicted molar refractivity (Wildman–Crippen MR) is 119 cm³/mol. The topological polar surface area (TPSA) is 93.5 Å². The molecular formula is C22H26N4O4S. The highest BCUT2D eigenvalue weighted by molar-refractivity contribution is 7.92. The maximum Gasteiger partial charge on any atom is 0.264 e. The Morgan fingerprint density at radius 2 is 1.94 bits per heavy atom. The van der Waals surface area contributed by atoms with Crippen LogP contribution < -0.4 is 14.4 Å². The first-order valence-electron chi connectivity index (χ1n) is 9.80. The number of hydrogen-bond donors (Lipinski definition) is 1. The van der Waals surface area contributed by atoms with Gasteiger partial charge in [0, 0.05) is 32.4 Å². The zero-order valence-corrected chi connectivity index (χ0v) is 18.6. The molecule has 9 heteroatoms. The van der Waals surface area contributed by atoms with Crippen molar-refractivity contribution in [2.45, 2.75) is 17.7 Å². The molecule has 164 valence electrons. The molecule has 0 aliphatic carbocycles. The van der Waals surface area contributed by atoms with E-state index in [1.807, 2.05) is 13.2 Å². The lowest BCUT2D eigenvalue weighted by atomic mass is 10.2. The van der Waals surface area contributed by atoms with Gasteiger partial charge in [0.25, 0.3) is 15.9 Å². The molecule has 0 spiro atoms. The van der Waals surface area contributed by atoms with Crippen molar-refractivity contribution in [1.82, 2.24) is 15.1 Å². The summed E-state index contributed by atoms with van der Waals surface area (Å²) in [5, 5.41) is 6.96. The highest BCUT2D eigenvalue weighted by Crippen LogP contribution is 2.24. The first kappa shape index (κ1) is 22.4. The van der Waals surface area contributed by atoms with Gasteiger partial charge in [-0.15, -0.1) is 0 Å². The Morgan fingerprint density at radius 1 is 1.19 bits per heavy atom. The van der Waals surface area contributed by atoms with Gasteiger partial charge in [0.05, 0.1) is 23.9 Å². The molecule has 1 N–H and O–H groups in total. The van der Waals surface area contributed by atoms with Crippen LogP contribution in [0.4, 0.5) is 5.69 Å². The van der Waals surface area contributed by atoms with Gasteiger partial charge in [-0.2, -0.15) is 5.10 Å². The molecule has 0 bridgehead atoms. The Kier molecular flexibility index (Phi) is 6.96. The zero-order chi connectivity index (χ0) is 22.4. The van der Waals surface area contributed by atoms with E-state index < -0.39 is 10.0 Å². The summed E-state index contributed by atoms with van der Waals surface area (Å²) < 4.78 is 34.1. The highest BCUT2D eigenvalue weighted by Gasteiger charge is 2.22. The Bertz CT molecular complexity index is 1140. The average molecular weight is 443 g/mol. The van der Waals surface area contributed by atoms with Crippen molar-refractivity contribution in [2.24, 2.45) is 7.05 Å². The minimum absolute atomic E-state index is 0.0498. The number of benzene rings is 2. The number of anilines is 1. The van der Waals surface area contributed by atoms with E-state index in [2.05, 4.69) is 10.4 Å². The molecule has 3 aromatic rings. The number of rotatable bonds is 9. The number of sulfonamides is 1. The van der Waals surface area contributed by atoms with Gasteiger partial charge in [-0.1, -0.05) is 6.07 Å². The second-order valence-corrected chi connectivity index (χ2v) is 9.05. The largest absolute Gasteiger partial charge is 0.497 e. The highest BCUT2D eigenvalue weighted by atomic mass is 32.2. The van der Waals surface area contributed by atoms with Gasteiger partial charge >= 0.3 is 0 Å². The van der Waals surface area contributed by atoms with E-state index in [9.17, 15) is 13.2 Å². The Hall–Kier alpha value is -3.33. The van der Waals surface area contributed by atoms with Gasteiger partial charge in [-0.3, -0.25) is 13.8 Å². The molecular weight excluding hydrogens is 416 g/mol. The Balaban J connectivity index is 1.65. The molecule has 0 aliphatic heterocycles. The number of amides is 1. The van der Waals surface area contributed by atoms with Crippen molar-refractivity contribution in [3.63, 3.8) is 0 Å². The van der Waals surface area contributed by atoms with E-state index >= 15 is 0 Å². The number of ether oxygens (including phenoxy) is 1. The van der Waals surface area contributed by atoms with E-state index in [0.717, 1.165) is 18.4 Å². The standard InChI is InChI=1S/C22H26N4O4S/c1-25-16-17(15-24-25)6-5-13-23-22(27)18-7-4-8-21(14-18)31(28,29)26(2)19-9-11-20(30-3)12-10-19/h4,7-12,14-16H,5-6,13H2,1-3H3,(H,23,27). The number of hydrogen-bond acceptors (Lipinski definition) is 5. The van der Waals surface area contributed by atoms with Crippen molar-refractivity contribution in [1.29, 1.82) is 0 Å². The summed E-state index contributed by atoms with van der Waals surface area (Å²) in [5.74, 6) is 0.326. The van der Waals surface area contributed by atoms with Crippen molar-refractivity contribution in [3.05, 3.63) is 72.1 Å². The lowest BCUT2D eigenvalue weighted by Gasteiger charge is -2.20. The minimum atomic E-state index is -3.82. The summed E-state index contributed by atoms with van der Waals surface area (Å²) in [6.45, 7) is 0.483. The van der Waals surface area contributed by atoms with Gasteiger partial charge in [-0.25, -0.2) is 8.42 Å². The third kappa shape index (κ3) is 5.43. The second kappa shape index (κ2) is 9.65. The molecule has 0 unspecified atom stereocenters. The fraction of sp³-hybridized carbons (Fsp3) is 0.273. The van der Waals surface area contributed by atoms with Gasteiger partial charge in [0.15, 0.2) is 0 Å². The van der Waals surface area contributed by atoms with Crippen molar-refractivity contribution >= 4 is 21.6 Å². The summed E-state index contributed by atoms with van der Waals surface area (Å²) in [5.41, 5.74) is 1.89. The molecule has 0 aliphatic rings. The maximum atomic E-state index is 13.0. The first-order valence-corrected chi connectivity index (χ1v) is 11.2. The van der Waals surface area contributed by atoms with Crippen molar-refractivity contribution in [3.8, 4) is 5.75 Å². The molecule has 2 aromatic carbocycles. The van der Waals surface area contributed by atoms with E-state index in [1.54, 1.807) is 54.4 Å². The van der Waals surface area contributed by atoms with Gasteiger partial charge in [0.1, 0.15) is 5.75 Å². The number of carbonyl (C=O) groups is 1. The molecule has 1 amide bonds. The zero-order valence-electron chi connectivity index (χ0n) is 17.8. The van der Waals surface area contributed by atoms with Crippen LogP contribution >= 0.6 is 0 Å². The van der Waals surface area contributed by atoms with Crippen LogP contribution in [0.15, 0.2) is 65.8 Å². The quantitative estimate of drug-likeness (QED) is 0.514. The van der Waals surface area contributed by atoms with Crippen LogP contribution in [-0.2, 0) is 23.5 Å². The lowest BCUT2D eigenvalue weighted by molar-refractivity contribution is 0.0953. The molecule has 8 nitrogen and oxygen atoms in total. The molecule has 0 radical (unpaired) electrons. The van der Waals surface area contributed by atoms with Crippen LogP contribution in [0, 0.1) is 0 Å². The summed E-state index contributed by atoms with van der Waals surface area (Å²) >= 11 is 0. The Morgan fingerprint density at radius 3 is 2.58 bits per heavy atom. The normalized spacial score (nSPS) is 11.2. The molecule has 3 rings (SSSR count). The number of nitrogens with zero attached hydrogens (tertiary/aromatic N) is 3. The van der Waals surface area contributed by atoms with Crippen LogP contribution in [0.5, 0.6) is 5.75 Å². The lowest BCUT2D eigenvalue weighted by Crippen LogP contribution is -2.28. The van der Waals surface area contributed by atoms with Crippen LogP contribution in [0.2, 0.25) is 0 Å². The van der Waals surface area contributed by atoms with E-state index in [4.69, 9.17) is 4.74 Å². The minimum Gasteiger partial charge on any atom is -0.497 e. The summed E-state index contributed by atoms with van der Waals surface area (Å²) in [6, 6.07) is 12.8. The third-order valence-electron chi connectivity index (χ3n) is 4.88. The first-order chi connectivity index (χ1) is 14.8. The van der Waals surface area contributed by atoms with Crippen molar-refractivity contribution in [2.75, 3.05) is 25.0 Å². The Labute approximate surface area is 182 Å². The average Bonchev–Trinajstić information content (AvgIpc) is 3.21. The van der Waals surface area contributed by atoms with Crippen molar-refractivity contribution < 1.29 is 17.9 Å². The van der Waals surface area contributed by atoms with Crippen LogP contribution in [0.25, 0.3) is 0 Å². The predicted octanol–water partition coefficient (Wildman–Crippen LogP) is 2.62. The maximum absolute atomic E-state index is 13.0. The molecule has 1 aromatic heterocycles. The van der Waals surface area contributed by atoms with Crippen LogP contribution in [0.1, 0.15) is 22.3 Å². The number of aromatic nitrogens is 2. The van der Waals surface area contributed by atoms with E-state index in [1.165, 1.54) is 23.5 Å². The molecule has 0 fully saturated rings. The molecule has 0 atom stereocenters. The molecule has 31 heavy (non-hydrogen) atoms. The van der Waals surface area contributed by atoms with Crippen LogP contribution in [-0.4, -0.2) is 44.8 Å². The number of carbonyl (C=O) groups excluding carboxylic acids is 1. The number of nitrogens with one attached hydrogen (secondary N) is 1. The van der Waals surface area contributed by atoms with E-state index in [0.29, 0.717) is 23.5 Å². The summed E-state index contributed by atoms with van der Waals surface area (Å²) in [7, 11) is 1.06. The summed E-state index contributed by atoms with van der Waals surface area (Å²) in [4.78, 5) is 12.5. The fourth-order valence-corrected chi connectivity index (χ4v) is 4.33. The van der Waals surface area contributed by atoms with Gasteiger partial charge in [-0.05, 0) is 60.9 Å². The fourth-order valence-electron chi connectivity index (χ4n) is 3.08. The van der Waals surface area contributed by atoms with Gasteiger partial charge < -0.3 is 10.1 Å².